The molecule has 0 spiro atoms. The molecule has 6 heteroatoms. The number of hydrogen-bond acceptors (Lipinski definition) is 4. The Balaban J connectivity index is 2.28. The van der Waals surface area contributed by atoms with Gasteiger partial charge in [-0.3, -0.25) is 4.79 Å². The molecule has 1 saturated heterocycles. The van der Waals surface area contributed by atoms with E-state index in [1.807, 2.05) is 6.92 Å². The van der Waals surface area contributed by atoms with Gasteiger partial charge in [0.1, 0.15) is 0 Å². The number of carboxylic acids is 1. The zero-order valence-electron chi connectivity index (χ0n) is 9.22. The van der Waals surface area contributed by atoms with Crippen molar-refractivity contribution in [1.82, 2.24) is 5.32 Å². The molecule has 2 N–H and O–H groups in total. The average Bonchev–Trinajstić information content (AvgIpc) is 2.18. The van der Waals surface area contributed by atoms with Crippen LogP contribution in [0, 0.1) is 5.92 Å². The van der Waals surface area contributed by atoms with Crippen LogP contribution in [0.3, 0.4) is 0 Å². The third-order valence-electron chi connectivity index (χ3n) is 3.71. The zero-order valence-corrected chi connectivity index (χ0v) is 10.0. The summed E-state index contributed by atoms with van der Waals surface area (Å²) >= 11 is 0. The second-order valence-corrected chi connectivity index (χ2v) is 7.24. The molecule has 1 aliphatic carbocycles. The first-order valence-corrected chi connectivity index (χ1v) is 7.22. The molecule has 0 aromatic carbocycles. The molecule has 4 atom stereocenters. The molecule has 92 valence electrons. The number of sulfone groups is 1. The zero-order chi connectivity index (χ0) is 11.9. The van der Waals surface area contributed by atoms with Crippen molar-refractivity contribution in [2.75, 3.05) is 6.54 Å². The van der Waals surface area contributed by atoms with Gasteiger partial charge in [-0.05, 0) is 25.2 Å². The van der Waals surface area contributed by atoms with Gasteiger partial charge in [0.05, 0.1) is 5.25 Å². The van der Waals surface area contributed by atoms with Crippen LogP contribution in [0.15, 0.2) is 0 Å². The molecule has 2 aliphatic rings. The Labute approximate surface area is 95.1 Å². The van der Waals surface area contributed by atoms with Gasteiger partial charge in [-0.15, -0.1) is 0 Å². The lowest BCUT2D eigenvalue weighted by Crippen LogP contribution is -2.60. The van der Waals surface area contributed by atoms with Gasteiger partial charge < -0.3 is 10.4 Å². The standard InChI is InChI=1S/C10H17NO4S/c1-6-2-3-7-8(4-6)16(14,15)9(5-11-7)10(12)13/h6-9,11H,2-5H2,1H3,(H,12,13). The second kappa shape index (κ2) is 4.00. The summed E-state index contributed by atoms with van der Waals surface area (Å²) in [4.78, 5) is 10.9. The first kappa shape index (κ1) is 11.9. The van der Waals surface area contributed by atoms with Crippen molar-refractivity contribution >= 4 is 15.8 Å². The average molecular weight is 247 g/mol. The Kier molecular flexibility index (Phi) is 2.96. The highest BCUT2D eigenvalue weighted by atomic mass is 32.2. The van der Waals surface area contributed by atoms with Gasteiger partial charge in [0.25, 0.3) is 0 Å². The Bertz CT molecular complexity index is 392. The summed E-state index contributed by atoms with van der Waals surface area (Å²) in [6.07, 6.45) is 2.43. The molecular formula is C10H17NO4S. The van der Waals surface area contributed by atoms with Gasteiger partial charge in [-0.25, -0.2) is 8.42 Å². The van der Waals surface area contributed by atoms with Crippen molar-refractivity contribution in [3.05, 3.63) is 0 Å². The van der Waals surface area contributed by atoms with Crippen molar-refractivity contribution in [3.8, 4) is 0 Å². The van der Waals surface area contributed by atoms with Crippen LogP contribution in [0.2, 0.25) is 0 Å². The highest BCUT2D eigenvalue weighted by Crippen LogP contribution is 2.33. The summed E-state index contributed by atoms with van der Waals surface area (Å²) in [5, 5.41) is 10.2. The van der Waals surface area contributed by atoms with Gasteiger partial charge in [0.15, 0.2) is 15.1 Å². The largest absolute Gasteiger partial charge is 0.480 e. The fourth-order valence-corrected chi connectivity index (χ4v) is 5.06. The van der Waals surface area contributed by atoms with Crippen LogP contribution in [0.25, 0.3) is 0 Å². The minimum atomic E-state index is -3.52. The van der Waals surface area contributed by atoms with E-state index in [2.05, 4.69) is 5.32 Å². The Morgan fingerprint density at radius 1 is 1.38 bits per heavy atom. The number of hydrogen-bond donors (Lipinski definition) is 2. The molecule has 1 saturated carbocycles. The third kappa shape index (κ3) is 1.84. The SMILES string of the molecule is CC1CCC2NCC(C(=O)O)S(=O)(=O)C2C1. The Morgan fingerprint density at radius 3 is 2.69 bits per heavy atom. The van der Waals surface area contributed by atoms with Gasteiger partial charge >= 0.3 is 5.97 Å². The Morgan fingerprint density at radius 2 is 2.06 bits per heavy atom. The molecule has 16 heavy (non-hydrogen) atoms. The number of fused-ring (bicyclic) bond motifs is 1. The van der Waals surface area contributed by atoms with E-state index in [4.69, 9.17) is 5.11 Å². The lowest BCUT2D eigenvalue weighted by atomic mass is 9.86. The predicted octanol–water partition coefficient (Wildman–Crippen LogP) is 0.0148. The van der Waals surface area contributed by atoms with E-state index in [1.165, 1.54) is 0 Å². The topological polar surface area (TPSA) is 83.5 Å². The fraction of sp³-hybridized carbons (Fsp3) is 0.900. The molecule has 1 heterocycles. The van der Waals surface area contributed by atoms with Crippen molar-refractivity contribution in [2.45, 2.75) is 42.7 Å². The van der Waals surface area contributed by atoms with E-state index >= 15 is 0 Å². The summed E-state index contributed by atoms with van der Waals surface area (Å²) < 4.78 is 24.2. The molecule has 0 radical (unpaired) electrons. The molecule has 2 rings (SSSR count). The molecule has 0 aromatic heterocycles. The van der Waals surface area contributed by atoms with Crippen molar-refractivity contribution in [3.63, 3.8) is 0 Å². The third-order valence-corrected chi connectivity index (χ3v) is 6.24. The quantitative estimate of drug-likeness (QED) is 0.682. The van der Waals surface area contributed by atoms with Crippen LogP contribution >= 0.6 is 0 Å². The smallest absolute Gasteiger partial charge is 0.323 e. The summed E-state index contributed by atoms with van der Waals surface area (Å²) in [6.45, 7) is 2.07. The molecule has 1 aliphatic heterocycles. The van der Waals surface area contributed by atoms with Crippen LogP contribution in [-0.2, 0) is 14.6 Å². The van der Waals surface area contributed by atoms with Crippen LogP contribution in [0.1, 0.15) is 26.2 Å². The Hall–Kier alpha value is -0.620. The maximum Gasteiger partial charge on any atom is 0.323 e. The maximum absolute atomic E-state index is 12.1. The van der Waals surface area contributed by atoms with E-state index in [0.717, 1.165) is 12.8 Å². The molecule has 0 bridgehead atoms. The molecule has 0 amide bonds. The molecule has 5 nitrogen and oxygen atoms in total. The first-order chi connectivity index (χ1) is 7.43. The fourth-order valence-electron chi connectivity index (χ4n) is 2.74. The highest BCUT2D eigenvalue weighted by Gasteiger charge is 2.48. The molecule has 2 fully saturated rings. The van der Waals surface area contributed by atoms with E-state index in [1.54, 1.807) is 0 Å². The number of rotatable bonds is 1. The number of aliphatic carboxylic acids is 1. The number of carbonyl (C=O) groups is 1. The van der Waals surface area contributed by atoms with Crippen molar-refractivity contribution in [1.29, 1.82) is 0 Å². The highest BCUT2D eigenvalue weighted by molar-refractivity contribution is 7.93. The van der Waals surface area contributed by atoms with E-state index in [-0.39, 0.29) is 12.6 Å². The molecule has 4 unspecified atom stereocenters. The van der Waals surface area contributed by atoms with Gasteiger partial charge in [-0.2, -0.15) is 0 Å². The van der Waals surface area contributed by atoms with E-state index in [0.29, 0.717) is 12.3 Å². The lowest BCUT2D eigenvalue weighted by Gasteiger charge is -2.40. The minimum Gasteiger partial charge on any atom is -0.480 e. The van der Waals surface area contributed by atoms with Gasteiger partial charge in [-0.1, -0.05) is 6.92 Å². The minimum absolute atomic E-state index is 0.0446. The van der Waals surface area contributed by atoms with Crippen LogP contribution < -0.4 is 5.32 Å². The van der Waals surface area contributed by atoms with Crippen LogP contribution in [0.4, 0.5) is 0 Å². The van der Waals surface area contributed by atoms with Crippen LogP contribution in [-0.4, -0.2) is 42.6 Å². The van der Waals surface area contributed by atoms with Crippen molar-refractivity contribution in [2.24, 2.45) is 5.92 Å². The molecular weight excluding hydrogens is 230 g/mol. The summed E-state index contributed by atoms with van der Waals surface area (Å²) in [6, 6.07) is -0.0446. The lowest BCUT2D eigenvalue weighted by molar-refractivity contribution is -0.136. The monoisotopic (exact) mass is 247 g/mol. The predicted molar refractivity (Wildman–Crippen MR) is 58.9 cm³/mol. The number of carboxylic acid groups (broad SMARTS) is 1. The van der Waals surface area contributed by atoms with E-state index in [9.17, 15) is 13.2 Å². The summed E-state index contributed by atoms with van der Waals surface area (Å²) in [7, 11) is -3.52. The summed E-state index contributed by atoms with van der Waals surface area (Å²) in [5.74, 6) is -0.866. The summed E-state index contributed by atoms with van der Waals surface area (Å²) in [5.41, 5.74) is 0. The van der Waals surface area contributed by atoms with E-state index < -0.39 is 26.3 Å². The maximum atomic E-state index is 12.1. The second-order valence-electron chi connectivity index (χ2n) is 4.89. The molecule has 0 aromatic rings. The normalized spacial score (nSPS) is 42.3. The van der Waals surface area contributed by atoms with Crippen LogP contribution in [0.5, 0.6) is 0 Å². The first-order valence-electron chi connectivity index (χ1n) is 5.62. The van der Waals surface area contributed by atoms with Gasteiger partial charge in [0.2, 0.25) is 0 Å². The van der Waals surface area contributed by atoms with Crippen molar-refractivity contribution < 1.29 is 18.3 Å². The number of nitrogens with one attached hydrogen (secondary N) is 1. The van der Waals surface area contributed by atoms with Gasteiger partial charge in [0, 0.05) is 12.6 Å².